The molecule has 0 aliphatic carbocycles. The number of rotatable bonds is 3. The summed E-state index contributed by atoms with van der Waals surface area (Å²) in [6.07, 6.45) is 0.385. The van der Waals surface area contributed by atoms with E-state index >= 15 is 0 Å². The van der Waals surface area contributed by atoms with E-state index in [-0.39, 0.29) is 18.0 Å². The number of ether oxygens (including phenoxy) is 1. The minimum absolute atomic E-state index is 0.0101. The Labute approximate surface area is 108 Å². The third-order valence-corrected chi connectivity index (χ3v) is 2.19. The van der Waals surface area contributed by atoms with Crippen molar-refractivity contribution in [3.63, 3.8) is 0 Å². The fourth-order valence-electron chi connectivity index (χ4n) is 1.30. The summed E-state index contributed by atoms with van der Waals surface area (Å²) >= 11 is 0. The maximum atomic E-state index is 13.2. The van der Waals surface area contributed by atoms with Gasteiger partial charge < -0.3 is 9.84 Å². The molecule has 0 heterocycles. The Morgan fingerprint density at radius 2 is 2.06 bits per heavy atom. The molecule has 2 nitrogen and oxygen atoms in total. The largest absolute Gasteiger partial charge is 0.395 e. The van der Waals surface area contributed by atoms with Gasteiger partial charge in [0.05, 0.1) is 18.8 Å². The van der Waals surface area contributed by atoms with Gasteiger partial charge in [-0.15, -0.1) is 0 Å². The van der Waals surface area contributed by atoms with Crippen molar-refractivity contribution in [2.24, 2.45) is 0 Å². The molecule has 0 aliphatic heterocycles. The Morgan fingerprint density at radius 1 is 1.33 bits per heavy atom. The smallest absolute Gasteiger partial charge is 0.124 e. The average Bonchev–Trinajstić information content (AvgIpc) is 2.27. The molecule has 3 heteroatoms. The van der Waals surface area contributed by atoms with Crippen LogP contribution < -0.4 is 0 Å². The van der Waals surface area contributed by atoms with E-state index in [4.69, 9.17) is 9.84 Å². The molecule has 18 heavy (non-hydrogen) atoms. The molecule has 0 unspecified atom stereocenters. The first-order valence-electron chi connectivity index (χ1n) is 5.94. The second-order valence-corrected chi connectivity index (χ2v) is 4.98. The van der Waals surface area contributed by atoms with Gasteiger partial charge in [-0.05, 0) is 38.5 Å². The maximum Gasteiger partial charge on any atom is 0.124 e. The average molecular weight is 250 g/mol. The minimum Gasteiger partial charge on any atom is -0.395 e. The van der Waals surface area contributed by atoms with Gasteiger partial charge in [0.15, 0.2) is 0 Å². The highest BCUT2D eigenvalue weighted by Crippen LogP contribution is 2.16. The standard InChI is InChI=1S/C15H19FO2/c1-15(2,3)18-11-13-7-8-14(16)10-12(13)6-4-5-9-17/h7-8,10,17H,5,9,11H2,1-3H3. The normalized spacial score (nSPS) is 10.9. The molecule has 0 fully saturated rings. The van der Waals surface area contributed by atoms with Crippen LogP contribution in [0.4, 0.5) is 4.39 Å². The highest BCUT2D eigenvalue weighted by molar-refractivity contribution is 5.41. The molecule has 0 saturated carbocycles. The van der Waals surface area contributed by atoms with Crippen LogP contribution in [0.25, 0.3) is 0 Å². The first-order valence-corrected chi connectivity index (χ1v) is 5.94. The molecule has 1 aromatic carbocycles. The van der Waals surface area contributed by atoms with Gasteiger partial charge in [0.2, 0.25) is 0 Å². The van der Waals surface area contributed by atoms with Gasteiger partial charge in [0, 0.05) is 12.0 Å². The van der Waals surface area contributed by atoms with E-state index in [2.05, 4.69) is 11.8 Å². The molecule has 0 aliphatic rings. The third kappa shape index (κ3) is 5.31. The van der Waals surface area contributed by atoms with E-state index in [1.54, 1.807) is 6.07 Å². The molecule has 1 rings (SSSR count). The molecule has 1 N–H and O–H groups in total. The Balaban J connectivity index is 2.87. The fraction of sp³-hybridized carbons (Fsp3) is 0.467. The van der Waals surface area contributed by atoms with Gasteiger partial charge in [-0.2, -0.15) is 0 Å². The lowest BCUT2D eigenvalue weighted by Gasteiger charge is -2.20. The molecule has 0 bridgehead atoms. The van der Waals surface area contributed by atoms with Gasteiger partial charge in [-0.3, -0.25) is 0 Å². The molecule has 1 aromatic rings. The fourth-order valence-corrected chi connectivity index (χ4v) is 1.30. The molecule has 0 spiro atoms. The van der Waals surface area contributed by atoms with Crippen LogP contribution in [-0.4, -0.2) is 17.3 Å². The summed E-state index contributed by atoms with van der Waals surface area (Å²) in [4.78, 5) is 0. The number of aliphatic hydroxyl groups excluding tert-OH is 1. The summed E-state index contributed by atoms with van der Waals surface area (Å²) < 4.78 is 18.8. The molecule has 0 radical (unpaired) electrons. The van der Waals surface area contributed by atoms with E-state index < -0.39 is 0 Å². The van der Waals surface area contributed by atoms with E-state index in [0.717, 1.165) is 5.56 Å². The molecule has 0 saturated heterocycles. The van der Waals surface area contributed by atoms with Gasteiger partial charge in [0.25, 0.3) is 0 Å². The topological polar surface area (TPSA) is 29.5 Å². The summed E-state index contributed by atoms with van der Waals surface area (Å²) in [5, 5.41) is 8.68. The lowest BCUT2D eigenvalue weighted by atomic mass is 10.1. The lowest BCUT2D eigenvalue weighted by Crippen LogP contribution is -2.19. The van der Waals surface area contributed by atoms with Crippen molar-refractivity contribution in [1.82, 2.24) is 0 Å². The number of aliphatic hydroxyl groups is 1. The molecular formula is C15H19FO2. The maximum absolute atomic E-state index is 13.2. The van der Waals surface area contributed by atoms with Crippen molar-refractivity contribution in [3.8, 4) is 11.8 Å². The van der Waals surface area contributed by atoms with Crippen molar-refractivity contribution in [2.75, 3.05) is 6.61 Å². The number of hydrogen-bond acceptors (Lipinski definition) is 2. The van der Waals surface area contributed by atoms with Gasteiger partial charge in [-0.25, -0.2) is 4.39 Å². The van der Waals surface area contributed by atoms with Gasteiger partial charge >= 0.3 is 0 Å². The minimum atomic E-state index is -0.317. The van der Waals surface area contributed by atoms with E-state index in [1.807, 2.05) is 20.8 Å². The van der Waals surface area contributed by atoms with E-state index in [0.29, 0.717) is 18.6 Å². The Bertz CT molecular complexity index is 450. The first kappa shape index (κ1) is 14.7. The predicted octanol–water partition coefficient (Wildman–Crippen LogP) is 2.87. The molecule has 98 valence electrons. The quantitative estimate of drug-likeness (QED) is 0.836. The van der Waals surface area contributed by atoms with Crippen molar-refractivity contribution in [1.29, 1.82) is 0 Å². The zero-order chi connectivity index (χ0) is 13.6. The van der Waals surface area contributed by atoms with Crippen LogP contribution in [0.15, 0.2) is 18.2 Å². The second kappa shape index (κ2) is 6.53. The summed E-state index contributed by atoms with van der Waals surface area (Å²) in [6, 6.07) is 4.48. The summed E-state index contributed by atoms with van der Waals surface area (Å²) in [6.45, 7) is 6.30. The highest BCUT2D eigenvalue weighted by Gasteiger charge is 2.11. The Kier molecular flexibility index (Phi) is 5.33. The molecule has 0 aromatic heterocycles. The van der Waals surface area contributed by atoms with Crippen molar-refractivity contribution < 1.29 is 14.2 Å². The summed E-state index contributed by atoms with van der Waals surface area (Å²) in [7, 11) is 0. The molecule has 0 amide bonds. The van der Waals surface area contributed by atoms with Crippen LogP contribution in [0.3, 0.4) is 0 Å². The number of hydrogen-bond donors (Lipinski definition) is 1. The lowest BCUT2D eigenvalue weighted by molar-refractivity contribution is -0.0150. The van der Waals surface area contributed by atoms with E-state index in [9.17, 15) is 4.39 Å². The Hall–Kier alpha value is -1.37. The SMILES string of the molecule is CC(C)(C)OCc1ccc(F)cc1C#CCCO. The van der Waals surface area contributed by atoms with Crippen LogP contribution in [0.5, 0.6) is 0 Å². The van der Waals surface area contributed by atoms with E-state index in [1.165, 1.54) is 12.1 Å². The Morgan fingerprint density at radius 3 is 2.67 bits per heavy atom. The zero-order valence-corrected chi connectivity index (χ0v) is 11.1. The third-order valence-electron chi connectivity index (χ3n) is 2.19. The highest BCUT2D eigenvalue weighted by atomic mass is 19.1. The summed E-state index contributed by atoms with van der Waals surface area (Å²) in [5.41, 5.74) is 1.23. The van der Waals surface area contributed by atoms with Crippen LogP contribution in [0, 0.1) is 17.7 Å². The van der Waals surface area contributed by atoms with Crippen LogP contribution in [0.1, 0.15) is 38.3 Å². The van der Waals surface area contributed by atoms with Crippen molar-refractivity contribution in [2.45, 2.75) is 39.4 Å². The first-order chi connectivity index (χ1) is 8.42. The predicted molar refractivity (Wildman–Crippen MR) is 69.5 cm³/mol. The number of benzene rings is 1. The monoisotopic (exact) mass is 250 g/mol. The van der Waals surface area contributed by atoms with Gasteiger partial charge in [-0.1, -0.05) is 17.9 Å². The van der Waals surface area contributed by atoms with Crippen molar-refractivity contribution in [3.05, 3.63) is 35.1 Å². The van der Waals surface area contributed by atoms with Crippen molar-refractivity contribution >= 4 is 0 Å². The molecule has 0 atom stereocenters. The van der Waals surface area contributed by atoms with Crippen LogP contribution >= 0.6 is 0 Å². The van der Waals surface area contributed by atoms with Crippen LogP contribution in [0.2, 0.25) is 0 Å². The second-order valence-electron chi connectivity index (χ2n) is 4.98. The van der Waals surface area contributed by atoms with Gasteiger partial charge in [0.1, 0.15) is 5.82 Å². The molecular weight excluding hydrogens is 231 g/mol. The summed E-state index contributed by atoms with van der Waals surface area (Å²) in [5.74, 6) is 5.34. The van der Waals surface area contributed by atoms with Crippen LogP contribution in [-0.2, 0) is 11.3 Å². The number of halogens is 1. The zero-order valence-electron chi connectivity index (χ0n) is 11.1.